The van der Waals surface area contributed by atoms with Gasteiger partial charge in [0.25, 0.3) is 0 Å². The highest BCUT2D eigenvalue weighted by Gasteiger charge is 2.41. The molecule has 4 rings (SSSR count). The van der Waals surface area contributed by atoms with Gasteiger partial charge in [-0.3, -0.25) is 14.6 Å². The molecule has 32 heavy (non-hydrogen) atoms. The third-order valence-corrected chi connectivity index (χ3v) is 6.08. The molecule has 0 N–H and O–H groups in total. The molecule has 1 saturated carbocycles. The molecule has 2 aromatic carbocycles. The summed E-state index contributed by atoms with van der Waals surface area (Å²) in [6.45, 7) is 5.05. The molecule has 1 fully saturated rings. The van der Waals surface area contributed by atoms with Gasteiger partial charge in [0.05, 0.1) is 11.8 Å². The van der Waals surface area contributed by atoms with E-state index >= 15 is 0 Å². The standard InChI is InChI=1S/C26H28N2O4/c1-16-5-14-23-25(24(16)15-19-6-10-21(11-7-19)31-17(2)29)27-28(4)26(23)20-8-12-22(13-9-20)32-18(3)30/h6-13,15-16,23,26H,5,14H2,1-4H3/b24-15+/t16-,23+,26-/m1/s1. The molecular formula is C26H28N2O4. The lowest BCUT2D eigenvalue weighted by atomic mass is 9.73. The van der Waals surface area contributed by atoms with Gasteiger partial charge < -0.3 is 9.47 Å². The van der Waals surface area contributed by atoms with E-state index in [2.05, 4.69) is 18.0 Å². The number of fused-ring (bicyclic) bond motifs is 1. The van der Waals surface area contributed by atoms with E-state index in [0.29, 0.717) is 23.3 Å². The van der Waals surface area contributed by atoms with E-state index < -0.39 is 0 Å². The Morgan fingerprint density at radius 1 is 0.938 bits per heavy atom. The summed E-state index contributed by atoms with van der Waals surface area (Å²) < 4.78 is 10.3. The van der Waals surface area contributed by atoms with Crippen molar-refractivity contribution in [3.63, 3.8) is 0 Å². The normalized spacial score (nSPS) is 23.5. The highest BCUT2D eigenvalue weighted by molar-refractivity contribution is 6.07. The van der Waals surface area contributed by atoms with Gasteiger partial charge in [-0.1, -0.05) is 31.2 Å². The molecule has 1 aliphatic carbocycles. The van der Waals surface area contributed by atoms with Crippen LogP contribution in [-0.4, -0.2) is 29.7 Å². The third-order valence-electron chi connectivity index (χ3n) is 6.08. The number of carbonyl (C=O) groups is 2. The molecule has 0 aromatic heterocycles. The first-order chi connectivity index (χ1) is 15.3. The van der Waals surface area contributed by atoms with Crippen molar-refractivity contribution in [1.82, 2.24) is 5.01 Å². The predicted molar refractivity (Wildman–Crippen MR) is 123 cm³/mol. The number of nitrogens with zero attached hydrogens (tertiary/aromatic N) is 2. The van der Waals surface area contributed by atoms with Gasteiger partial charge in [0.1, 0.15) is 11.5 Å². The Morgan fingerprint density at radius 2 is 1.50 bits per heavy atom. The van der Waals surface area contributed by atoms with E-state index in [9.17, 15) is 9.59 Å². The SMILES string of the molecule is CC(=O)Oc1ccc(/C=C2/C3=NN(C)[C@H](c4ccc(OC(C)=O)cc4)[C@H]3CC[C@H]2C)cc1. The van der Waals surface area contributed by atoms with Crippen LogP contribution in [0.25, 0.3) is 6.08 Å². The Kier molecular flexibility index (Phi) is 6.12. The van der Waals surface area contributed by atoms with E-state index in [-0.39, 0.29) is 18.0 Å². The number of carbonyl (C=O) groups excluding carboxylic acids is 2. The van der Waals surface area contributed by atoms with Crippen molar-refractivity contribution in [1.29, 1.82) is 0 Å². The van der Waals surface area contributed by atoms with Crippen molar-refractivity contribution in [3.05, 3.63) is 65.2 Å². The van der Waals surface area contributed by atoms with Gasteiger partial charge in [0, 0.05) is 26.8 Å². The van der Waals surface area contributed by atoms with E-state index in [1.54, 1.807) is 0 Å². The number of ether oxygens (including phenoxy) is 2. The highest BCUT2D eigenvalue weighted by Crippen LogP contribution is 2.45. The molecule has 2 aliphatic rings. The number of allylic oxidation sites excluding steroid dienone is 1. The number of hydrogen-bond donors (Lipinski definition) is 0. The van der Waals surface area contributed by atoms with Gasteiger partial charge in [-0.15, -0.1) is 0 Å². The monoisotopic (exact) mass is 432 g/mol. The molecule has 0 unspecified atom stereocenters. The molecule has 0 saturated heterocycles. The average Bonchev–Trinajstić information content (AvgIpc) is 3.07. The molecule has 1 aliphatic heterocycles. The third kappa shape index (κ3) is 4.59. The number of hydrazone groups is 1. The fourth-order valence-corrected chi connectivity index (χ4v) is 4.66. The van der Waals surface area contributed by atoms with Crippen LogP contribution in [0.15, 0.2) is 59.2 Å². The Bertz CT molecular complexity index is 1070. The van der Waals surface area contributed by atoms with Gasteiger partial charge in [0.2, 0.25) is 0 Å². The van der Waals surface area contributed by atoms with Crippen molar-refractivity contribution in [2.45, 2.75) is 39.7 Å². The Morgan fingerprint density at radius 3 is 2.06 bits per heavy atom. The topological polar surface area (TPSA) is 68.2 Å². The molecule has 166 valence electrons. The molecule has 6 nitrogen and oxygen atoms in total. The first-order valence-electron chi connectivity index (χ1n) is 10.9. The minimum absolute atomic E-state index is 0.152. The van der Waals surface area contributed by atoms with Gasteiger partial charge >= 0.3 is 11.9 Å². The van der Waals surface area contributed by atoms with E-state index in [0.717, 1.165) is 29.7 Å². The zero-order valence-corrected chi connectivity index (χ0v) is 18.9. The summed E-state index contributed by atoms with van der Waals surface area (Å²) in [6.07, 6.45) is 4.37. The highest BCUT2D eigenvalue weighted by atomic mass is 16.5. The summed E-state index contributed by atoms with van der Waals surface area (Å²) >= 11 is 0. The van der Waals surface area contributed by atoms with Crippen LogP contribution in [0, 0.1) is 11.8 Å². The van der Waals surface area contributed by atoms with E-state index in [4.69, 9.17) is 14.6 Å². The van der Waals surface area contributed by atoms with Crippen LogP contribution in [0.2, 0.25) is 0 Å². The Balaban J connectivity index is 1.58. The van der Waals surface area contributed by atoms with Crippen LogP contribution in [0.3, 0.4) is 0 Å². The van der Waals surface area contributed by atoms with Crippen molar-refractivity contribution < 1.29 is 19.1 Å². The Labute approximate surface area is 188 Å². The lowest BCUT2D eigenvalue weighted by Crippen LogP contribution is -2.29. The molecule has 0 amide bonds. The van der Waals surface area contributed by atoms with Gasteiger partial charge in [0.15, 0.2) is 0 Å². The maximum Gasteiger partial charge on any atom is 0.308 e. The lowest BCUT2D eigenvalue weighted by Gasteiger charge is -2.31. The summed E-state index contributed by atoms with van der Waals surface area (Å²) in [6, 6.07) is 15.4. The number of rotatable bonds is 4. The average molecular weight is 433 g/mol. The summed E-state index contributed by atoms with van der Waals surface area (Å²) in [5, 5.41) is 7.00. The maximum atomic E-state index is 11.2. The van der Waals surface area contributed by atoms with E-state index in [1.807, 2.05) is 55.6 Å². The largest absolute Gasteiger partial charge is 0.427 e. The van der Waals surface area contributed by atoms with Crippen LogP contribution >= 0.6 is 0 Å². The lowest BCUT2D eigenvalue weighted by molar-refractivity contribution is -0.132. The molecule has 2 aromatic rings. The molecule has 0 bridgehead atoms. The zero-order chi connectivity index (χ0) is 22.8. The second-order valence-corrected chi connectivity index (χ2v) is 8.51. The van der Waals surface area contributed by atoms with E-state index in [1.165, 1.54) is 19.4 Å². The van der Waals surface area contributed by atoms with Gasteiger partial charge in [-0.05, 0) is 65.8 Å². The van der Waals surface area contributed by atoms with Crippen LogP contribution in [0.5, 0.6) is 11.5 Å². The van der Waals surface area contributed by atoms with Gasteiger partial charge in [-0.25, -0.2) is 0 Å². The quantitative estimate of drug-likeness (QED) is 0.502. The summed E-state index contributed by atoms with van der Waals surface area (Å²) in [5.74, 6) is 1.18. The predicted octanol–water partition coefficient (Wildman–Crippen LogP) is 5.01. The molecule has 6 heteroatoms. The molecule has 1 heterocycles. The van der Waals surface area contributed by atoms with Crippen LogP contribution in [0.4, 0.5) is 0 Å². The van der Waals surface area contributed by atoms with Crippen molar-refractivity contribution in [3.8, 4) is 11.5 Å². The molecule has 0 spiro atoms. The van der Waals surface area contributed by atoms with Crippen LogP contribution in [0.1, 0.15) is 50.8 Å². The summed E-state index contributed by atoms with van der Waals surface area (Å²) in [5.41, 5.74) is 4.62. The minimum atomic E-state index is -0.324. The maximum absolute atomic E-state index is 11.2. The van der Waals surface area contributed by atoms with Crippen molar-refractivity contribution >= 4 is 23.7 Å². The summed E-state index contributed by atoms with van der Waals surface area (Å²) in [7, 11) is 2.02. The smallest absolute Gasteiger partial charge is 0.308 e. The van der Waals surface area contributed by atoms with Gasteiger partial charge in [-0.2, -0.15) is 5.10 Å². The minimum Gasteiger partial charge on any atom is -0.427 e. The first-order valence-corrected chi connectivity index (χ1v) is 10.9. The molecule has 3 atom stereocenters. The number of esters is 2. The first kappa shape index (κ1) is 21.8. The molecule has 0 radical (unpaired) electrons. The molecular weight excluding hydrogens is 404 g/mol. The Hall–Kier alpha value is -3.41. The van der Waals surface area contributed by atoms with Crippen LogP contribution < -0.4 is 9.47 Å². The van der Waals surface area contributed by atoms with Crippen molar-refractivity contribution in [2.75, 3.05) is 7.05 Å². The number of hydrogen-bond acceptors (Lipinski definition) is 6. The van der Waals surface area contributed by atoms with Crippen molar-refractivity contribution in [2.24, 2.45) is 16.9 Å². The van der Waals surface area contributed by atoms with Crippen LogP contribution in [-0.2, 0) is 9.59 Å². The number of benzene rings is 2. The zero-order valence-electron chi connectivity index (χ0n) is 18.9. The fraction of sp³-hybridized carbons (Fsp3) is 0.346. The second-order valence-electron chi connectivity index (χ2n) is 8.51. The summed E-state index contributed by atoms with van der Waals surface area (Å²) in [4.78, 5) is 22.4. The second kappa shape index (κ2) is 8.99. The fourth-order valence-electron chi connectivity index (χ4n) is 4.66.